The van der Waals surface area contributed by atoms with Gasteiger partial charge in [0, 0.05) is 11.6 Å². The molecule has 1 N–H and O–H groups in total. The summed E-state index contributed by atoms with van der Waals surface area (Å²) in [6.07, 6.45) is 1.48. The summed E-state index contributed by atoms with van der Waals surface area (Å²) in [5.41, 5.74) is 0.606. The first-order valence-electron chi connectivity index (χ1n) is 5.72. The number of benzene rings is 1. The summed E-state index contributed by atoms with van der Waals surface area (Å²) < 4.78 is 18.7. The molecule has 0 spiro atoms. The fourth-order valence-electron chi connectivity index (χ4n) is 1.78. The van der Waals surface area contributed by atoms with Crippen LogP contribution in [-0.2, 0) is 4.79 Å². The van der Waals surface area contributed by atoms with Gasteiger partial charge in [0.15, 0.2) is 0 Å². The molecular weight excluding hydrogens is 281 g/mol. The number of carbonyl (C=O) groups is 2. The molecule has 1 aromatic heterocycles. The van der Waals surface area contributed by atoms with E-state index in [-0.39, 0.29) is 10.7 Å². The number of nitrogens with one attached hydrogen (secondary N) is 1. The Hall–Kier alpha value is -2.34. The van der Waals surface area contributed by atoms with E-state index in [1.807, 2.05) is 0 Å². The highest BCUT2D eigenvalue weighted by atomic mass is 32.2. The Labute approximate surface area is 117 Å². The molecule has 0 bridgehead atoms. The van der Waals surface area contributed by atoms with Gasteiger partial charge in [-0.3, -0.25) is 14.9 Å². The first-order valence-corrected chi connectivity index (χ1v) is 6.54. The summed E-state index contributed by atoms with van der Waals surface area (Å²) in [7, 11) is 0. The van der Waals surface area contributed by atoms with E-state index in [4.69, 9.17) is 4.42 Å². The Morgan fingerprint density at radius 2 is 2.05 bits per heavy atom. The fourth-order valence-corrected chi connectivity index (χ4v) is 2.44. The van der Waals surface area contributed by atoms with Crippen LogP contribution in [0.1, 0.15) is 5.76 Å². The van der Waals surface area contributed by atoms with Crippen molar-refractivity contribution in [2.45, 2.75) is 0 Å². The molecule has 1 aromatic carbocycles. The molecule has 0 atom stereocenters. The molecule has 3 rings (SSSR count). The average Bonchev–Trinajstić information content (AvgIpc) is 2.97. The van der Waals surface area contributed by atoms with Gasteiger partial charge in [-0.25, -0.2) is 4.39 Å². The van der Waals surface area contributed by atoms with Gasteiger partial charge in [-0.2, -0.15) is 0 Å². The Balaban J connectivity index is 1.89. The number of carbonyl (C=O) groups excluding carboxylic acids is 2. The van der Waals surface area contributed by atoms with Crippen LogP contribution in [0.2, 0.25) is 0 Å². The molecule has 0 radical (unpaired) electrons. The molecule has 0 aliphatic carbocycles. The zero-order valence-corrected chi connectivity index (χ0v) is 10.9. The third-order valence-electron chi connectivity index (χ3n) is 2.65. The van der Waals surface area contributed by atoms with Gasteiger partial charge in [-0.15, -0.1) is 0 Å². The first-order chi connectivity index (χ1) is 9.61. The summed E-state index contributed by atoms with van der Waals surface area (Å²) in [5.74, 6) is 0.126. The molecule has 2 heterocycles. The predicted molar refractivity (Wildman–Crippen MR) is 73.2 cm³/mol. The Morgan fingerprint density at radius 1 is 1.20 bits per heavy atom. The monoisotopic (exact) mass is 289 g/mol. The van der Waals surface area contributed by atoms with Crippen LogP contribution in [0.5, 0.6) is 0 Å². The van der Waals surface area contributed by atoms with Gasteiger partial charge in [-0.05, 0) is 36.0 Å². The Bertz CT molecular complexity index is 736. The molecule has 1 aliphatic rings. The summed E-state index contributed by atoms with van der Waals surface area (Å²) in [6, 6.07) is 9.35. The van der Waals surface area contributed by atoms with Crippen LogP contribution in [-0.4, -0.2) is 11.1 Å². The number of hydrogen-bond donors (Lipinski definition) is 1. The highest BCUT2D eigenvalue weighted by molar-refractivity contribution is 8.18. The fraction of sp³-hybridized carbons (Fsp3) is 0. The smallest absolute Gasteiger partial charge is 0.290 e. The third-order valence-corrected chi connectivity index (χ3v) is 3.46. The summed E-state index contributed by atoms with van der Waals surface area (Å²) >= 11 is 0.818. The molecule has 1 aliphatic heterocycles. The van der Waals surface area contributed by atoms with E-state index in [2.05, 4.69) is 5.32 Å². The number of imide groups is 1. The van der Waals surface area contributed by atoms with Crippen LogP contribution in [0.4, 0.5) is 9.18 Å². The van der Waals surface area contributed by atoms with Gasteiger partial charge in [0.25, 0.3) is 11.1 Å². The van der Waals surface area contributed by atoms with E-state index >= 15 is 0 Å². The van der Waals surface area contributed by atoms with Crippen molar-refractivity contribution in [3.05, 3.63) is 52.9 Å². The second kappa shape index (κ2) is 4.97. The highest BCUT2D eigenvalue weighted by Crippen LogP contribution is 2.28. The zero-order chi connectivity index (χ0) is 14.1. The maximum atomic E-state index is 13.1. The molecule has 0 saturated carbocycles. The van der Waals surface area contributed by atoms with Crippen molar-refractivity contribution in [3.63, 3.8) is 0 Å². The molecule has 1 saturated heterocycles. The van der Waals surface area contributed by atoms with Crippen molar-refractivity contribution in [2.24, 2.45) is 0 Å². The molecule has 6 heteroatoms. The van der Waals surface area contributed by atoms with E-state index in [1.165, 1.54) is 18.2 Å². The molecule has 4 nitrogen and oxygen atoms in total. The number of thioether (sulfide) groups is 1. The second-order valence-electron chi connectivity index (χ2n) is 4.06. The Kier molecular flexibility index (Phi) is 3.15. The lowest BCUT2D eigenvalue weighted by Gasteiger charge is -1.96. The average molecular weight is 289 g/mol. The minimum atomic E-state index is -0.441. The minimum Gasteiger partial charge on any atom is -0.457 e. The van der Waals surface area contributed by atoms with E-state index in [0.29, 0.717) is 17.1 Å². The number of hydrogen-bond acceptors (Lipinski definition) is 4. The normalized spacial score (nSPS) is 16.8. The van der Waals surface area contributed by atoms with Crippen LogP contribution >= 0.6 is 11.8 Å². The van der Waals surface area contributed by atoms with Crippen LogP contribution in [0, 0.1) is 5.82 Å². The Morgan fingerprint density at radius 3 is 2.75 bits per heavy atom. The maximum Gasteiger partial charge on any atom is 0.290 e. The molecule has 2 amide bonds. The second-order valence-corrected chi connectivity index (χ2v) is 5.08. The van der Waals surface area contributed by atoms with Crippen molar-refractivity contribution >= 4 is 29.0 Å². The quantitative estimate of drug-likeness (QED) is 0.861. The number of furan rings is 1. The van der Waals surface area contributed by atoms with E-state index in [9.17, 15) is 14.0 Å². The largest absolute Gasteiger partial charge is 0.457 e. The summed E-state index contributed by atoms with van der Waals surface area (Å²) in [4.78, 5) is 22.7. The van der Waals surface area contributed by atoms with Gasteiger partial charge < -0.3 is 4.42 Å². The minimum absolute atomic E-state index is 0.273. The molecule has 100 valence electrons. The molecule has 20 heavy (non-hydrogen) atoms. The molecule has 1 fully saturated rings. The van der Waals surface area contributed by atoms with E-state index < -0.39 is 11.1 Å². The molecule has 0 unspecified atom stereocenters. The van der Waals surface area contributed by atoms with Gasteiger partial charge >= 0.3 is 0 Å². The van der Waals surface area contributed by atoms with Gasteiger partial charge in [0.05, 0.1) is 4.91 Å². The predicted octanol–water partition coefficient (Wildman–Crippen LogP) is 3.41. The lowest BCUT2D eigenvalue weighted by Crippen LogP contribution is -2.17. The lowest BCUT2D eigenvalue weighted by molar-refractivity contribution is -0.115. The lowest BCUT2D eigenvalue weighted by atomic mass is 10.2. The van der Waals surface area contributed by atoms with Crippen molar-refractivity contribution < 1.29 is 18.4 Å². The van der Waals surface area contributed by atoms with Crippen molar-refractivity contribution in [1.82, 2.24) is 5.32 Å². The topological polar surface area (TPSA) is 59.3 Å². The highest BCUT2D eigenvalue weighted by Gasteiger charge is 2.25. The van der Waals surface area contributed by atoms with E-state index in [1.54, 1.807) is 24.3 Å². The summed E-state index contributed by atoms with van der Waals surface area (Å²) in [6.45, 7) is 0. The number of halogens is 1. The summed E-state index contributed by atoms with van der Waals surface area (Å²) in [5, 5.41) is 1.75. The first kappa shape index (κ1) is 12.7. The van der Waals surface area contributed by atoms with Crippen LogP contribution in [0.15, 0.2) is 45.7 Å². The zero-order valence-electron chi connectivity index (χ0n) is 10.1. The van der Waals surface area contributed by atoms with Crippen LogP contribution in [0.3, 0.4) is 0 Å². The van der Waals surface area contributed by atoms with Gasteiger partial charge in [0.2, 0.25) is 0 Å². The van der Waals surface area contributed by atoms with Crippen LogP contribution in [0.25, 0.3) is 17.4 Å². The van der Waals surface area contributed by atoms with Crippen molar-refractivity contribution in [1.29, 1.82) is 0 Å². The number of rotatable bonds is 2. The van der Waals surface area contributed by atoms with Gasteiger partial charge in [0.1, 0.15) is 17.3 Å². The maximum absolute atomic E-state index is 13.1. The van der Waals surface area contributed by atoms with E-state index in [0.717, 1.165) is 11.8 Å². The van der Waals surface area contributed by atoms with Crippen molar-refractivity contribution in [2.75, 3.05) is 0 Å². The third kappa shape index (κ3) is 2.50. The van der Waals surface area contributed by atoms with Gasteiger partial charge in [-0.1, -0.05) is 12.1 Å². The van der Waals surface area contributed by atoms with Crippen LogP contribution < -0.4 is 5.32 Å². The molecule has 2 aromatic rings. The van der Waals surface area contributed by atoms with Crippen molar-refractivity contribution in [3.8, 4) is 11.3 Å². The SMILES string of the molecule is O=C1NC(=O)/C(=C\c2ccc(-c3cccc(F)c3)o2)S1. The number of amides is 2. The molecular formula is C14H8FNO3S. The standard InChI is InChI=1S/C14H8FNO3S/c15-9-3-1-2-8(6-9)11-5-4-10(19-11)7-12-13(17)16-14(18)20-12/h1-7H,(H,16,17,18)/b12-7+.